The summed E-state index contributed by atoms with van der Waals surface area (Å²) in [6.45, 7) is 5.16. The third-order valence-electron chi connectivity index (χ3n) is 2.96. The summed E-state index contributed by atoms with van der Waals surface area (Å²) >= 11 is 0. The number of carbonyl (C=O) groups is 1. The van der Waals surface area contributed by atoms with Crippen molar-refractivity contribution in [1.29, 1.82) is 0 Å². The maximum Gasteiger partial charge on any atom is 0.225 e. The maximum atomic E-state index is 12.0. The van der Waals surface area contributed by atoms with Gasteiger partial charge in [-0.2, -0.15) is 0 Å². The van der Waals surface area contributed by atoms with Crippen LogP contribution in [-0.2, 0) is 9.53 Å². The molecule has 1 heterocycles. The Morgan fingerprint density at radius 1 is 1.50 bits per heavy atom. The minimum atomic E-state index is 0.0233. The van der Waals surface area contributed by atoms with E-state index in [0.29, 0.717) is 13.0 Å². The number of rotatable bonds is 5. The van der Waals surface area contributed by atoms with Gasteiger partial charge in [-0.05, 0) is 33.1 Å². The molecule has 1 amide bonds. The molecule has 0 bridgehead atoms. The minimum Gasteiger partial charge on any atom is -0.395 e. The van der Waals surface area contributed by atoms with E-state index in [0.717, 1.165) is 25.9 Å². The van der Waals surface area contributed by atoms with E-state index in [-0.39, 0.29) is 24.7 Å². The first-order chi connectivity index (χ1) is 7.65. The van der Waals surface area contributed by atoms with Crippen LogP contribution in [0.4, 0.5) is 0 Å². The topological polar surface area (TPSA) is 49.8 Å². The number of aliphatic hydroxyl groups excluding tert-OH is 1. The van der Waals surface area contributed by atoms with Crippen LogP contribution in [0, 0.1) is 0 Å². The SMILES string of the molecule is CC(C)N(CCO)C(=O)CC1CCCCO1. The zero-order valence-corrected chi connectivity index (χ0v) is 10.3. The fraction of sp³-hybridized carbons (Fsp3) is 0.917. The molecule has 1 aliphatic rings. The van der Waals surface area contributed by atoms with Crippen molar-refractivity contribution in [3.8, 4) is 0 Å². The number of aliphatic hydroxyl groups is 1. The van der Waals surface area contributed by atoms with Gasteiger partial charge in [-0.15, -0.1) is 0 Å². The van der Waals surface area contributed by atoms with Gasteiger partial charge in [0.25, 0.3) is 0 Å². The third-order valence-corrected chi connectivity index (χ3v) is 2.96. The van der Waals surface area contributed by atoms with Crippen molar-refractivity contribution in [2.75, 3.05) is 19.8 Å². The molecule has 0 aromatic carbocycles. The summed E-state index contributed by atoms with van der Waals surface area (Å²) < 4.78 is 5.55. The molecule has 4 heteroatoms. The lowest BCUT2D eigenvalue weighted by molar-refractivity contribution is -0.137. The number of ether oxygens (including phenoxy) is 1. The molecule has 4 nitrogen and oxygen atoms in total. The van der Waals surface area contributed by atoms with Crippen molar-refractivity contribution >= 4 is 5.91 Å². The highest BCUT2D eigenvalue weighted by molar-refractivity contribution is 5.77. The fourth-order valence-corrected chi connectivity index (χ4v) is 2.06. The summed E-state index contributed by atoms with van der Waals surface area (Å²) in [5, 5.41) is 8.92. The monoisotopic (exact) mass is 229 g/mol. The van der Waals surface area contributed by atoms with Crippen LogP contribution >= 0.6 is 0 Å². The first-order valence-electron chi connectivity index (χ1n) is 6.17. The van der Waals surface area contributed by atoms with Gasteiger partial charge in [-0.25, -0.2) is 0 Å². The number of amides is 1. The molecule has 0 radical (unpaired) electrons. The Morgan fingerprint density at radius 3 is 2.75 bits per heavy atom. The predicted octanol–water partition coefficient (Wildman–Crippen LogP) is 1.17. The number of hydrogen-bond acceptors (Lipinski definition) is 3. The van der Waals surface area contributed by atoms with E-state index in [1.54, 1.807) is 4.90 Å². The first kappa shape index (κ1) is 13.5. The zero-order valence-electron chi connectivity index (χ0n) is 10.3. The summed E-state index contributed by atoms with van der Waals surface area (Å²) in [5.74, 6) is 0.0935. The third kappa shape index (κ3) is 4.10. The highest BCUT2D eigenvalue weighted by atomic mass is 16.5. The van der Waals surface area contributed by atoms with Gasteiger partial charge in [0.05, 0.1) is 19.1 Å². The van der Waals surface area contributed by atoms with Crippen LogP contribution in [0.25, 0.3) is 0 Å². The van der Waals surface area contributed by atoms with Crippen molar-refractivity contribution in [2.45, 2.75) is 51.7 Å². The van der Waals surface area contributed by atoms with Gasteiger partial charge in [0.2, 0.25) is 5.91 Å². The standard InChI is InChI=1S/C12H23NO3/c1-10(2)13(6-7-14)12(15)9-11-5-3-4-8-16-11/h10-11,14H,3-9H2,1-2H3. The van der Waals surface area contributed by atoms with Crippen molar-refractivity contribution in [3.05, 3.63) is 0 Å². The Balaban J connectivity index is 2.40. The summed E-state index contributed by atoms with van der Waals surface area (Å²) in [7, 11) is 0. The lowest BCUT2D eigenvalue weighted by atomic mass is 10.1. The first-order valence-corrected chi connectivity index (χ1v) is 6.17. The summed E-state index contributed by atoms with van der Waals surface area (Å²) in [4.78, 5) is 13.7. The van der Waals surface area contributed by atoms with Crippen LogP contribution < -0.4 is 0 Å². The second-order valence-corrected chi connectivity index (χ2v) is 4.60. The molecular formula is C12H23NO3. The minimum absolute atomic E-state index is 0.0233. The predicted molar refractivity (Wildman–Crippen MR) is 62.1 cm³/mol. The van der Waals surface area contributed by atoms with Crippen LogP contribution in [0.2, 0.25) is 0 Å². The highest BCUT2D eigenvalue weighted by Gasteiger charge is 2.22. The van der Waals surface area contributed by atoms with Gasteiger partial charge >= 0.3 is 0 Å². The lowest BCUT2D eigenvalue weighted by Gasteiger charge is -2.29. The van der Waals surface area contributed by atoms with Gasteiger partial charge in [-0.1, -0.05) is 0 Å². The molecule has 0 aliphatic carbocycles. The van der Waals surface area contributed by atoms with Gasteiger partial charge < -0.3 is 14.7 Å². The second kappa shape index (κ2) is 6.86. The summed E-state index contributed by atoms with van der Waals surface area (Å²) in [6, 6.07) is 0.142. The molecule has 1 rings (SSSR count). The van der Waals surface area contributed by atoms with Crippen LogP contribution in [-0.4, -0.2) is 47.8 Å². The summed E-state index contributed by atoms with van der Waals surface area (Å²) in [6.07, 6.45) is 3.78. The van der Waals surface area contributed by atoms with Crippen LogP contribution in [0.15, 0.2) is 0 Å². The van der Waals surface area contributed by atoms with Gasteiger partial charge in [0.1, 0.15) is 0 Å². The Hall–Kier alpha value is -0.610. The van der Waals surface area contributed by atoms with E-state index in [1.807, 2.05) is 13.8 Å². The smallest absolute Gasteiger partial charge is 0.225 e. The van der Waals surface area contributed by atoms with E-state index in [9.17, 15) is 4.79 Å². The molecule has 94 valence electrons. The molecule has 0 spiro atoms. The Morgan fingerprint density at radius 2 is 2.25 bits per heavy atom. The number of nitrogens with zero attached hydrogens (tertiary/aromatic N) is 1. The second-order valence-electron chi connectivity index (χ2n) is 4.60. The molecule has 16 heavy (non-hydrogen) atoms. The quantitative estimate of drug-likeness (QED) is 0.770. The molecule has 1 N–H and O–H groups in total. The van der Waals surface area contributed by atoms with Crippen molar-refractivity contribution in [2.24, 2.45) is 0 Å². The average Bonchev–Trinajstić information content (AvgIpc) is 2.26. The van der Waals surface area contributed by atoms with Gasteiger partial charge in [0, 0.05) is 19.2 Å². The van der Waals surface area contributed by atoms with Crippen molar-refractivity contribution < 1.29 is 14.6 Å². The van der Waals surface area contributed by atoms with E-state index >= 15 is 0 Å². The van der Waals surface area contributed by atoms with E-state index in [2.05, 4.69) is 0 Å². The van der Waals surface area contributed by atoms with Gasteiger partial charge in [-0.3, -0.25) is 4.79 Å². The molecule has 1 unspecified atom stereocenters. The fourth-order valence-electron chi connectivity index (χ4n) is 2.06. The summed E-state index contributed by atoms with van der Waals surface area (Å²) in [5.41, 5.74) is 0. The maximum absolute atomic E-state index is 12.0. The highest BCUT2D eigenvalue weighted by Crippen LogP contribution is 2.17. The Labute approximate surface area is 97.6 Å². The number of hydrogen-bond donors (Lipinski definition) is 1. The van der Waals surface area contributed by atoms with Crippen LogP contribution in [0.1, 0.15) is 39.5 Å². The largest absolute Gasteiger partial charge is 0.395 e. The number of carbonyl (C=O) groups excluding carboxylic acids is 1. The normalized spacial score (nSPS) is 21.1. The zero-order chi connectivity index (χ0) is 12.0. The molecule has 1 aliphatic heterocycles. The Kier molecular flexibility index (Phi) is 5.77. The van der Waals surface area contributed by atoms with Crippen LogP contribution in [0.3, 0.4) is 0 Å². The average molecular weight is 229 g/mol. The molecule has 1 atom stereocenters. The Bertz CT molecular complexity index is 212. The lowest BCUT2D eigenvalue weighted by Crippen LogP contribution is -2.41. The molecular weight excluding hydrogens is 206 g/mol. The van der Waals surface area contributed by atoms with E-state index < -0.39 is 0 Å². The molecule has 0 saturated carbocycles. The molecule has 1 fully saturated rings. The molecule has 0 aromatic rings. The van der Waals surface area contributed by atoms with Gasteiger partial charge in [0.15, 0.2) is 0 Å². The van der Waals surface area contributed by atoms with Crippen molar-refractivity contribution in [1.82, 2.24) is 4.90 Å². The van der Waals surface area contributed by atoms with Crippen molar-refractivity contribution in [3.63, 3.8) is 0 Å². The van der Waals surface area contributed by atoms with E-state index in [1.165, 1.54) is 0 Å². The van der Waals surface area contributed by atoms with Crippen LogP contribution in [0.5, 0.6) is 0 Å². The molecule has 1 saturated heterocycles. The molecule has 0 aromatic heterocycles. The van der Waals surface area contributed by atoms with E-state index in [4.69, 9.17) is 9.84 Å².